The van der Waals surface area contributed by atoms with Crippen LogP contribution in [-0.2, 0) is 19.9 Å². The number of rotatable bonds is 4. The molecule has 8 heavy (non-hydrogen) atoms. The molecule has 50 valence electrons. The Bertz CT molecular complexity index is 65.7. The lowest BCUT2D eigenvalue weighted by Crippen LogP contribution is -2.29. The van der Waals surface area contributed by atoms with Crippen LogP contribution >= 0.6 is 0 Å². The van der Waals surface area contributed by atoms with Gasteiger partial charge < -0.3 is 0 Å². The van der Waals surface area contributed by atoms with E-state index in [1.165, 1.54) is 0 Å². The van der Waals surface area contributed by atoms with Crippen molar-refractivity contribution in [3.05, 3.63) is 0 Å². The zero-order valence-corrected chi connectivity index (χ0v) is 4.60. The molecular weight excluding hydrogens is 136 g/mol. The van der Waals surface area contributed by atoms with E-state index in [-0.39, 0.29) is 0 Å². The second-order valence-corrected chi connectivity index (χ2v) is 1.35. The fourth-order valence-corrected chi connectivity index (χ4v) is 0.287. The van der Waals surface area contributed by atoms with E-state index in [9.17, 15) is 4.21 Å². The molecule has 0 atom stereocenters. The Balaban J connectivity index is 3.06. The molecule has 6 N–H and O–H groups in total. The van der Waals surface area contributed by atoms with Crippen LogP contribution in [-0.4, -0.2) is 4.21 Å². The first-order valence-corrected chi connectivity index (χ1v) is 2.49. The lowest BCUT2D eigenvalue weighted by Gasteiger charge is -1.95. The Morgan fingerprint density at radius 2 is 1.62 bits per heavy atom. The fraction of sp³-hybridized carbons (Fsp3) is 0. The molecule has 0 aromatic heterocycles. The molecular formula is H6N4O3S. The second-order valence-electron chi connectivity index (χ2n) is 0.606. The van der Waals surface area contributed by atoms with Crippen LogP contribution < -0.4 is 22.9 Å². The summed E-state index contributed by atoms with van der Waals surface area (Å²) in [5.41, 5.74) is 3.26. The number of hydrogen-bond acceptors (Lipinski definition) is 7. The van der Waals surface area contributed by atoms with Crippen LogP contribution in [0.5, 0.6) is 0 Å². The Kier molecular flexibility index (Phi) is 5.00. The van der Waals surface area contributed by atoms with Crippen LogP contribution in [0, 0.1) is 0 Å². The molecule has 0 aromatic carbocycles. The van der Waals surface area contributed by atoms with Gasteiger partial charge in [0.2, 0.25) is 0 Å². The van der Waals surface area contributed by atoms with Gasteiger partial charge in [-0.2, -0.15) is 12.8 Å². The van der Waals surface area contributed by atoms with Crippen molar-refractivity contribution < 1.29 is 12.8 Å². The quantitative estimate of drug-likeness (QED) is 0.250. The minimum atomic E-state index is -1.99. The van der Waals surface area contributed by atoms with E-state index in [2.05, 4.69) is 20.3 Å². The molecule has 8 heteroatoms. The third kappa shape index (κ3) is 4.08. The molecule has 0 saturated carbocycles. The third-order valence-electron chi connectivity index (χ3n) is 0.232. The maximum absolute atomic E-state index is 10.0. The Morgan fingerprint density at radius 1 is 1.25 bits per heavy atom. The lowest BCUT2D eigenvalue weighted by atomic mass is 12.8. The molecule has 0 heterocycles. The van der Waals surface area contributed by atoms with Gasteiger partial charge in [0.15, 0.2) is 0 Å². The average molecular weight is 142 g/mol. The van der Waals surface area contributed by atoms with Gasteiger partial charge in [0.1, 0.15) is 0 Å². The van der Waals surface area contributed by atoms with E-state index >= 15 is 0 Å². The van der Waals surface area contributed by atoms with Crippen LogP contribution in [0.25, 0.3) is 0 Å². The summed E-state index contributed by atoms with van der Waals surface area (Å²) in [6.07, 6.45) is 0. The first-order chi connectivity index (χ1) is 3.81. The fourth-order valence-electron chi connectivity index (χ4n) is 0.0956. The molecule has 0 saturated heterocycles. The van der Waals surface area contributed by atoms with Crippen LogP contribution in [0.4, 0.5) is 0 Å². The summed E-state index contributed by atoms with van der Waals surface area (Å²) < 4.78 is 17.9. The van der Waals surface area contributed by atoms with Crippen molar-refractivity contribution >= 4 is 11.4 Å². The van der Waals surface area contributed by atoms with Gasteiger partial charge in [0.25, 0.3) is 0 Å². The Morgan fingerprint density at radius 3 is 1.88 bits per heavy atom. The van der Waals surface area contributed by atoms with Gasteiger partial charge in [0, 0.05) is 0 Å². The van der Waals surface area contributed by atoms with E-state index in [0.717, 1.165) is 0 Å². The van der Waals surface area contributed by atoms with Gasteiger partial charge >= 0.3 is 11.4 Å². The first-order valence-electron chi connectivity index (χ1n) is 1.49. The van der Waals surface area contributed by atoms with E-state index in [1.54, 1.807) is 11.2 Å². The monoisotopic (exact) mass is 142 g/mol. The number of nitrogens with one attached hydrogen (secondary N) is 2. The molecule has 0 unspecified atom stereocenters. The van der Waals surface area contributed by atoms with Gasteiger partial charge in [-0.15, -0.1) is 11.2 Å². The smallest absolute Gasteiger partial charge is 0.247 e. The highest BCUT2D eigenvalue weighted by Gasteiger charge is 1.94. The standard InChI is InChI=1S/H6N4O3S/c1-3-6-8(5)7-4-2/h3-4H,1-2H2. The molecule has 0 amide bonds. The summed E-state index contributed by atoms with van der Waals surface area (Å²) in [6.45, 7) is 0. The zero-order chi connectivity index (χ0) is 6.41. The van der Waals surface area contributed by atoms with E-state index in [1.807, 2.05) is 0 Å². The summed E-state index contributed by atoms with van der Waals surface area (Å²) in [5.74, 6) is 9.09. The van der Waals surface area contributed by atoms with Crippen molar-refractivity contribution in [2.75, 3.05) is 0 Å². The molecule has 7 nitrogen and oxygen atoms in total. The third-order valence-corrected chi connectivity index (χ3v) is 0.697. The Hall–Kier alpha value is -0.0900. The summed E-state index contributed by atoms with van der Waals surface area (Å²) >= 11 is -1.99. The van der Waals surface area contributed by atoms with Gasteiger partial charge in [-0.1, -0.05) is 0 Å². The van der Waals surface area contributed by atoms with Crippen LogP contribution in [0.15, 0.2) is 0 Å². The maximum atomic E-state index is 10.0. The van der Waals surface area contributed by atoms with Crippen LogP contribution in [0.1, 0.15) is 0 Å². The van der Waals surface area contributed by atoms with Gasteiger partial charge in [-0.3, -0.25) is 0 Å². The predicted molar refractivity (Wildman–Crippen MR) is 25.0 cm³/mol. The highest BCUT2D eigenvalue weighted by Crippen LogP contribution is 1.74. The number of hydrazine groups is 2. The van der Waals surface area contributed by atoms with Crippen LogP contribution in [0.2, 0.25) is 0 Å². The molecule has 0 rings (SSSR count). The van der Waals surface area contributed by atoms with Gasteiger partial charge in [-0.05, 0) is 0 Å². The second kappa shape index (κ2) is 5.05. The van der Waals surface area contributed by atoms with E-state index < -0.39 is 11.4 Å². The predicted octanol–water partition coefficient (Wildman–Crippen LogP) is -2.65. The molecule has 0 aliphatic rings. The number of hydrogen-bond donors (Lipinski definition) is 4. The highest BCUT2D eigenvalue weighted by atomic mass is 32.2. The molecule has 0 bridgehead atoms. The van der Waals surface area contributed by atoms with Gasteiger partial charge in [0.05, 0.1) is 0 Å². The zero-order valence-electron chi connectivity index (χ0n) is 3.79. The van der Waals surface area contributed by atoms with E-state index in [4.69, 9.17) is 0 Å². The lowest BCUT2D eigenvalue weighted by molar-refractivity contribution is 0.137. The van der Waals surface area contributed by atoms with Crippen molar-refractivity contribution in [2.24, 2.45) is 11.7 Å². The molecule has 0 aromatic rings. The number of nitrogens with two attached hydrogens (primary N) is 2. The van der Waals surface area contributed by atoms with E-state index in [0.29, 0.717) is 0 Å². The topological polar surface area (TPSA) is 112 Å². The highest BCUT2D eigenvalue weighted by molar-refractivity contribution is 7.75. The minimum absolute atomic E-state index is 1.63. The normalized spacial score (nSPS) is 10.4. The summed E-state index contributed by atoms with van der Waals surface area (Å²) in [7, 11) is 0. The van der Waals surface area contributed by atoms with Crippen molar-refractivity contribution in [1.29, 1.82) is 0 Å². The van der Waals surface area contributed by atoms with Crippen molar-refractivity contribution in [3.63, 3.8) is 0 Å². The molecule has 0 aliphatic carbocycles. The minimum Gasteiger partial charge on any atom is -0.247 e. The molecule has 0 spiro atoms. The van der Waals surface area contributed by atoms with Crippen molar-refractivity contribution in [3.8, 4) is 0 Å². The van der Waals surface area contributed by atoms with Crippen molar-refractivity contribution in [2.45, 2.75) is 0 Å². The van der Waals surface area contributed by atoms with Crippen LogP contribution in [0.3, 0.4) is 0 Å². The molecule has 0 aliphatic heterocycles. The molecule has 0 radical (unpaired) electrons. The van der Waals surface area contributed by atoms with Gasteiger partial charge in [-0.25, -0.2) is 11.7 Å². The summed E-state index contributed by atoms with van der Waals surface area (Å²) in [6, 6.07) is 0. The maximum Gasteiger partial charge on any atom is 0.342 e. The average Bonchev–Trinajstić information content (AvgIpc) is 1.68. The first kappa shape index (κ1) is 7.91. The van der Waals surface area contributed by atoms with Crippen molar-refractivity contribution in [1.82, 2.24) is 11.2 Å². The largest absolute Gasteiger partial charge is 0.342 e. The SMILES string of the molecule is NNOS(=O)ONN. The Labute approximate surface area is 48.0 Å². The summed E-state index contributed by atoms with van der Waals surface area (Å²) in [4.78, 5) is 0. The summed E-state index contributed by atoms with van der Waals surface area (Å²) in [5, 5.41) is 0. The molecule has 0 fully saturated rings.